The first-order valence-electron chi connectivity index (χ1n) is 8.04. The minimum absolute atomic E-state index is 0.00729. The van der Waals surface area contributed by atoms with Crippen LogP contribution in [-0.4, -0.2) is 41.0 Å². The number of methoxy groups -OCH3 is 1. The number of carbonyl (C=O) groups excluding carboxylic acids is 1. The predicted octanol–water partition coefficient (Wildman–Crippen LogP) is 4.07. The number of thioether (sulfide) groups is 1. The smallest absolute Gasteiger partial charge is 0.411 e. The van der Waals surface area contributed by atoms with Crippen LogP contribution in [0.5, 0.6) is 0 Å². The Morgan fingerprint density at radius 3 is 2.75 bits per heavy atom. The summed E-state index contributed by atoms with van der Waals surface area (Å²) in [7, 11) is 1.40. The van der Waals surface area contributed by atoms with E-state index in [1.807, 2.05) is 42.5 Å². The number of carbonyl (C=O) groups is 2. The monoisotopic (exact) mass is 349 g/mol. The molecule has 1 aliphatic rings. The van der Waals surface area contributed by atoms with Gasteiger partial charge in [-0.1, -0.05) is 42.5 Å². The van der Waals surface area contributed by atoms with Crippen LogP contribution in [0.15, 0.2) is 42.5 Å². The summed E-state index contributed by atoms with van der Waals surface area (Å²) in [5, 5.41) is 8.58. The van der Waals surface area contributed by atoms with Gasteiger partial charge < -0.3 is 9.84 Å². The number of ether oxygens (including phenoxy) is 1. The highest BCUT2D eigenvalue weighted by atomic mass is 32.2. The van der Waals surface area contributed by atoms with Crippen LogP contribution in [0.25, 0.3) is 0 Å². The highest BCUT2D eigenvalue weighted by Gasteiger charge is 2.37. The lowest BCUT2D eigenvalue weighted by atomic mass is 10.1. The Hall–Kier alpha value is -1.95. The Morgan fingerprint density at radius 1 is 1.33 bits per heavy atom. The van der Waals surface area contributed by atoms with E-state index >= 15 is 0 Å². The van der Waals surface area contributed by atoms with Gasteiger partial charge in [0.2, 0.25) is 0 Å². The maximum absolute atomic E-state index is 12.2. The van der Waals surface area contributed by atoms with Gasteiger partial charge in [-0.15, -0.1) is 11.8 Å². The molecule has 0 radical (unpaired) electrons. The van der Waals surface area contributed by atoms with Crippen LogP contribution in [0.1, 0.15) is 36.6 Å². The van der Waals surface area contributed by atoms with Crippen molar-refractivity contribution in [2.45, 2.75) is 37.1 Å². The summed E-state index contributed by atoms with van der Waals surface area (Å²) in [6.07, 6.45) is 6.28. The molecular weight excluding hydrogens is 326 g/mol. The molecule has 2 rings (SSSR count). The molecule has 0 aliphatic carbocycles. The molecule has 1 N–H and O–H groups in total. The third kappa shape index (κ3) is 5.03. The van der Waals surface area contributed by atoms with Gasteiger partial charge in [-0.3, -0.25) is 9.69 Å². The van der Waals surface area contributed by atoms with Crippen LogP contribution in [-0.2, 0) is 9.53 Å². The zero-order valence-corrected chi connectivity index (χ0v) is 14.6. The van der Waals surface area contributed by atoms with Crippen LogP contribution in [0.2, 0.25) is 0 Å². The van der Waals surface area contributed by atoms with E-state index in [0.717, 1.165) is 24.2 Å². The van der Waals surface area contributed by atoms with E-state index in [1.165, 1.54) is 7.11 Å². The Kier molecular flexibility index (Phi) is 7.18. The van der Waals surface area contributed by atoms with Crippen molar-refractivity contribution < 1.29 is 19.4 Å². The number of carboxylic acid groups (broad SMARTS) is 1. The minimum atomic E-state index is -0.756. The van der Waals surface area contributed by atoms with Crippen LogP contribution >= 0.6 is 11.8 Å². The summed E-state index contributed by atoms with van der Waals surface area (Å²) in [6, 6.07) is 9.93. The number of nitrogens with zero attached hydrogens (tertiary/aromatic N) is 1. The second kappa shape index (κ2) is 9.37. The molecule has 1 aromatic carbocycles. The number of unbranched alkanes of at least 4 members (excludes halogenated alkanes) is 2. The van der Waals surface area contributed by atoms with Crippen LogP contribution in [0, 0.1) is 0 Å². The molecule has 0 aromatic heterocycles. The van der Waals surface area contributed by atoms with Crippen molar-refractivity contribution in [2.24, 2.45) is 0 Å². The number of allylic oxidation sites excluding steroid dienone is 1. The molecule has 1 heterocycles. The first kappa shape index (κ1) is 18.4. The predicted molar refractivity (Wildman–Crippen MR) is 94.9 cm³/mol. The second-order valence-electron chi connectivity index (χ2n) is 5.61. The van der Waals surface area contributed by atoms with E-state index < -0.39 is 5.97 Å². The van der Waals surface area contributed by atoms with Gasteiger partial charge in [-0.25, -0.2) is 4.79 Å². The lowest BCUT2D eigenvalue weighted by Crippen LogP contribution is -2.36. The Bertz CT molecular complexity index is 576. The first-order valence-corrected chi connectivity index (χ1v) is 9.09. The van der Waals surface area contributed by atoms with Crippen LogP contribution in [0.3, 0.4) is 0 Å². The number of carboxylic acids is 1. The molecule has 0 unspecified atom stereocenters. The molecule has 1 fully saturated rings. The van der Waals surface area contributed by atoms with Gasteiger partial charge in [-0.2, -0.15) is 0 Å². The normalized spacial score (nSPS) is 20.5. The van der Waals surface area contributed by atoms with E-state index in [1.54, 1.807) is 16.7 Å². The number of rotatable bonds is 7. The van der Waals surface area contributed by atoms with E-state index in [0.29, 0.717) is 6.42 Å². The van der Waals surface area contributed by atoms with E-state index in [2.05, 4.69) is 0 Å². The van der Waals surface area contributed by atoms with Gasteiger partial charge in [0.15, 0.2) is 0 Å². The summed E-state index contributed by atoms with van der Waals surface area (Å²) in [4.78, 5) is 24.5. The van der Waals surface area contributed by atoms with Crippen LogP contribution < -0.4 is 0 Å². The molecule has 0 bridgehead atoms. The zero-order valence-electron chi connectivity index (χ0n) is 13.8. The van der Waals surface area contributed by atoms with Crippen molar-refractivity contribution in [3.05, 3.63) is 48.0 Å². The fourth-order valence-electron chi connectivity index (χ4n) is 2.68. The Balaban J connectivity index is 1.96. The fraction of sp³-hybridized carbons (Fsp3) is 0.444. The average molecular weight is 349 g/mol. The highest BCUT2D eigenvalue weighted by Crippen LogP contribution is 2.42. The lowest BCUT2D eigenvalue weighted by molar-refractivity contribution is -0.137. The Labute approximate surface area is 146 Å². The maximum Gasteiger partial charge on any atom is 0.411 e. The van der Waals surface area contributed by atoms with Crippen molar-refractivity contribution >= 4 is 23.8 Å². The van der Waals surface area contributed by atoms with E-state index in [4.69, 9.17) is 9.84 Å². The van der Waals surface area contributed by atoms with Gasteiger partial charge in [-0.05, 0) is 24.8 Å². The quantitative estimate of drug-likeness (QED) is 0.594. The number of aliphatic carboxylic acids is 1. The molecule has 1 amide bonds. The molecule has 2 atom stereocenters. The molecule has 1 aromatic rings. The van der Waals surface area contributed by atoms with Gasteiger partial charge in [0.05, 0.1) is 13.2 Å². The molecule has 1 saturated heterocycles. The topological polar surface area (TPSA) is 66.8 Å². The van der Waals surface area contributed by atoms with Gasteiger partial charge in [0, 0.05) is 12.2 Å². The summed E-state index contributed by atoms with van der Waals surface area (Å²) < 4.78 is 4.96. The van der Waals surface area contributed by atoms with Crippen molar-refractivity contribution in [1.82, 2.24) is 4.90 Å². The van der Waals surface area contributed by atoms with Crippen molar-refractivity contribution in [2.75, 3.05) is 12.9 Å². The molecule has 0 spiro atoms. The lowest BCUT2D eigenvalue weighted by Gasteiger charge is -2.26. The molecule has 1 aliphatic heterocycles. The van der Waals surface area contributed by atoms with Crippen molar-refractivity contribution in [3.63, 3.8) is 0 Å². The number of benzene rings is 1. The number of hydrogen-bond donors (Lipinski definition) is 1. The summed E-state index contributed by atoms with van der Waals surface area (Å²) in [5.74, 6) is 0.0639. The van der Waals surface area contributed by atoms with Gasteiger partial charge in [0.25, 0.3) is 0 Å². The molecular formula is C18H23NO4S. The maximum atomic E-state index is 12.2. The average Bonchev–Trinajstić information content (AvgIpc) is 3.01. The molecule has 0 saturated carbocycles. The standard InChI is InChI=1S/C18H23NO4S/c1-23-18(22)19-15(11-7-2-3-8-12-16(20)21)13-24-17(19)14-9-5-4-6-10-14/h4-7,9-11,15,17H,2-3,8,12-13H2,1H3,(H,20,21)/b11-7-/t15-,17-/m1/s1. The first-order chi connectivity index (χ1) is 11.6. The van der Waals surface area contributed by atoms with Gasteiger partial charge in [0.1, 0.15) is 5.37 Å². The molecule has 6 heteroatoms. The SMILES string of the molecule is COC(=O)N1[C@H](/C=C\CCCCC(=O)O)CS[C@@H]1c1ccccc1. The summed E-state index contributed by atoms with van der Waals surface area (Å²) >= 11 is 1.72. The number of hydrogen-bond acceptors (Lipinski definition) is 4. The fourth-order valence-corrected chi connectivity index (χ4v) is 4.08. The molecule has 130 valence electrons. The largest absolute Gasteiger partial charge is 0.481 e. The third-order valence-electron chi connectivity index (χ3n) is 3.87. The second-order valence-corrected chi connectivity index (χ2v) is 6.72. The van der Waals surface area contributed by atoms with E-state index in [9.17, 15) is 9.59 Å². The Morgan fingerprint density at radius 2 is 2.08 bits per heavy atom. The summed E-state index contributed by atoms with van der Waals surface area (Å²) in [6.45, 7) is 0. The zero-order chi connectivity index (χ0) is 17.4. The molecule has 5 nitrogen and oxygen atoms in total. The van der Waals surface area contributed by atoms with Crippen molar-refractivity contribution in [1.29, 1.82) is 0 Å². The van der Waals surface area contributed by atoms with Gasteiger partial charge >= 0.3 is 12.1 Å². The van der Waals surface area contributed by atoms with Crippen molar-refractivity contribution in [3.8, 4) is 0 Å². The minimum Gasteiger partial charge on any atom is -0.481 e. The number of amides is 1. The van der Waals surface area contributed by atoms with Crippen LogP contribution in [0.4, 0.5) is 4.79 Å². The molecule has 24 heavy (non-hydrogen) atoms. The third-order valence-corrected chi connectivity index (χ3v) is 5.22. The van der Waals surface area contributed by atoms with E-state index in [-0.39, 0.29) is 23.9 Å². The summed E-state index contributed by atoms with van der Waals surface area (Å²) in [5.41, 5.74) is 1.09. The highest BCUT2D eigenvalue weighted by molar-refractivity contribution is 7.99.